The van der Waals surface area contributed by atoms with Gasteiger partial charge in [0.05, 0.1) is 39.5 Å². The van der Waals surface area contributed by atoms with Crippen LogP contribution in [0.1, 0.15) is 17.2 Å². The number of ketones is 1. The molecule has 2 saturated heterocycles. The standard InChI is InChI=1S/C27H30N2O6/c1-3-15-35-22-6-4-5-20(18-22)24-23(25(30)19-7-9-21(33-2)10-8-19)26(31)27(32)29(24)12-11-28-13-16-34-17-14-28/h3-10,18,24,30H,1,11-17H2,2H3/b25-23+. The van der Waals surface area contributed by atoms with Crippen molar-refractivity contribution in [1.29, 1.82) is 0 Å². The molecule has 0 aliphatic carbocycles. The van der Waals surface area contributed by atoms with E-state index in [9.17, 15) is 14.7 Å². The summed E-state index contributed by atoms with van der Waals surface area (Å²) in [4.78, 5) is 29.2. The first-order valence-corrected chi connectivity index (χ1v) is 11.7. The number of quaternary nitrogens is 1. The molecule has 1 unspecified atom stereocenters. The van der Waals surface area contributed by atoms with Crippen LogP contribution in [0.25, 0.3) is 5.76 Å². The summed E-state index contributed by atoms with van der Waals surface area (Å²) in [5.41, 5.74) is 0.935. The highest BCUT2D eigenvalue weighted by Crippen LogP contribution is 2.39. The van der Waals surface area contributed by atoms with Crippen molar-refractivity contribution in [2.75, 3.05) is 53.1 Å². The van der Waals surface area contributed by atoms with Crippen LogP contribution in [0.4, 0.5) is 0 Å². The predicted molar refractivity (Wildman–Crippen MR) is 128 cm³/mol. The number of rotatable bonds is 9. The first kappa shape index (κ1) is 24.5. The van der Waals surface area contributed by atoms with E-state index in [0.29, 0.717) is 55.5 Å². The summed E-state index contributed by atoms with van der Waals surface area (Å²) < 4.78 is 16.3. The van der Waals surface area contributed by atoms with Crippen LogP contribution in [0.5, 0.6) is 11.5 Å². The average Bonchev–Trinajstić information content (AvgIpc) is 3.16. The third-order valence-corrected chi connectivity index (χ3v) is 6.33. The predicted octanol–water partition coefficient (Wildman–Crippen LogP) is 0.399. The summed E-state index contributed by atoms with van der Waals surface area (Å²) in [6.45, 7) is 8.01. The lowest BCUT2D eigenvalue weighted by Gasteiger charge is -2.30. The fourth-order valence-electron chi connectivity index (χ4n) is 4.46. The maximum atomic E-state index is 13.6. The molecule has 1 amide bonds. The highest BCUT2D eigenvalue weighted by atomic mass is 16.5. The number of benzene rings is 2. The third kappa shape index (κ3) is 5.39. The Labute approximate surface area is 205 Å². The third-order valence-electron chi connectivity index (χ3n) is 6.33. The van der Waals surface area contributed by atoms with E-state index in [1.807, 2.05) is 6.07 Å². The maximum absolute atomic E-state index is 13.6. The van der Waals surface area contributed by atoms with E-state index in [-0.39, 0.29) is 5.57 Å². The van der Waals surface area contributed by atoms with Gasteiger partial charge in [-0.25, -0.2) is 0 Å². The number of amides is 1. The van der Waals surface area contributed by atoms with Gasteiger partial charge in [-0.05, 0) is 35.4 Å². The van der Waals surface area contributed by atoms with Gasteiger partial charge < -0.3 is 29.1 Å². The molecule has 2 aliphatic rings. The summed E-state index contributed by atoms with van der Waals surface area (Å²) in [7, 11) is 1.54. The number of ether oxygens (including phenoxy) is 3. The van der Waals surface area contributed by atoms with E-state index in [2.05, 4.69) is 6.58 Å². The van der Waals surface area contributed by atoms with Crippen molar-refractivity contribution in [3.63, 3.8) is 0 Å². The SMILES string of the molecule is C=CCOc1cccc(C2/C(=C(\[O-])c3ccc(OC)cc3)C(=O)C(=O)N2CC[NH+]2CCOCC2)c1. The quantitative estimate of drug-likeness (QED) is 0.243. The van der Waals surface area contributed by atoms with Crippen molar-refractivity contribution in [3.8, 4) is 11.5 Å². The summed E-state index contributed by atoms with van der Waals surface area (Å²) in [6.07, 6.45) is 1.64. The van der Waals surface area contributed by atoms with Crippen molar-refractivity contribution in [2.45, 2.75) is 6.04 Å². The lowest BCUT2D eigenvalue weighted by molar-refractivity contribution is -0.907. The molecule has 2 heterocycles. The van der Waals surface area contributed by atoms with Gasteiger partial charge in [0, 0.05) is 5.57 Å². The number of Topliss-reactive ketones (excluding diaryl/α,β-unsaturated/α-hetero) is 1. The first-order valence-electron chi connectivity index (χ1n) is 11.7. The van der Waals surface area contributed by atoms with E-state index < -0.39 is 23.5 Å². The molecule has 4 rings (SSSR count). The van der Waals surface area contributed by atoms with Crippen LogP contribution >= 0.6 is 0 Å². The fraction of sp³-hybridized carbons (Fsp3) is 0.333. The number of nitrogens with zero attached hydrogens (tertiary/aromatic N) is 1. The van der Waals surface area contributed by atoms with E-state index in [0.717, 1.165) is 13.1 Å². The number of methoxy groups -OCH3 is 1. The smallest absolute Gasteiger partial charge is 0.295 e. The topological polar surface area (TPSA) is 92.6 Å². The van der Waals surface area contributed by atoms with Crippen molar-refractivity contribution in [1.82, 2.24) is 4.90 Å². The van der Waals surface area contributed by atoms with Crippen LogP contribution in [0.15, 0.2) is 66.8 Å². The molecule has 0 aromatic heterocycles. The normalized spacial score (nSPS) is 20.1. The van der Waals surface area contributed by atoms with Gasteiger partial charge in [0.2, 0.25) is 5.78 Å². The van der Waals surface area contributed by atoms with Gasteiger partial charge in [-0.3, -0.25) is 9.59 Å². The second kappa shape index (κ2) is 11.2. The van der Waals surface area contributed by atoms with Crippen molar-refractivity contribution in [2.24, 2.45) is 0 Å². The van der Waals surface area contributed by atoms with Crippen molar-refractivity contribution in [3.05, 3.63) is 77.9 Å². The molecule has 2 aromatic rings. The second-order valence-corrected chi connectivity index (χ2v) is 8.49. The number of morpholine rings is 1. The highest BCUT2D eigenvalue weighted by molar-refractivity contribution is 6.46. The minimum atomic E-state index is -0.794. The summed E-state index contributed by atoms with van der Waals surface area (Å²) in [6, 6.07) is 12.9. The molecule has 0 spiro atoms. The van der Waals surface area contributed by atoms with Gasteiger partial charge in [0.1, 0.15) is 31.2 Å². The Morgan fingerprint density at radius 3 is 2.60 bits per heavy atom. The minimum Gasteiger partial charge on any atom is -0.872 e. The number of hydrogen-bond donors (Lipinski definition) is 1. The molecule has 2 aliphatic heterocycles. The van der Waals surface area contributed by atoms with Crippen LogP contribution in [0.3, 0.4) is 0 Å². The highest BCUT2D eigenvalue weighted by Gasteiger charge is 2.44. The molecular weight excluding hydrogens is 448 g/mol. The van der Waals surface area contributed by atoms with E-state index >= 15 is 0 Å². The van der Waals surface area contributed by atoms with Crippen molar-refractivity contribution < 1.29 is 33.8 Å². The van der Waals surface area contributed by atoms with Gasteiger partial charge in [0.25, 0.3) is 5.91 Å². The minimum absolute atomic E-state index is 0.0435. The zero-order valence-corrected chi connectivity index (χ0v) is 19.8. The Kier molecular flexibility index (Phi) is 7.84. The average molecular weight is 479 g/mol. The number of carbonyl (C=O) groups excluding carboxylic acids is 2. The molecule has 0 radical (unpaired) electrons. The molecule has 0 bridgehead atoms. The summed E-state index contributed by atoms with van der Waals surface area (Å²) in [5, 5.41) is 13.6. The fourth-order valence-corrected chi connectivity index (χ4v) is 4.46. The molecule has 8 heteroatoms. The number of hydrogen-bond acceptors (Lipinski definition) is 6. The number of likely N-dealkylation sites (tertiary alicyclic amines) is 1. The zero-order chi connectivity index (χ0) is 24.8. The zero-order valence-electron chi connectivity index (χ0n) is 19.8. The van der Waals surface area contributed by atoms with Crippen LogP contribution in [0.2, 0.25) is 0 Å². The van der Waals surface area contributed by atoms with Crippen LogP contribution < -0.4 is 19.5 Å². The first-order chi connectivity index (χ1) is 17.0. The second-order valence-electron chi connectivity index (χ2n) is 8.49. The Morgan fingerprint density at radius 1 is 1.17 bits per heavy atom. The van der Waals surface area contributed by atoms with E-state index in [4.69, 9.17) is 14.2 Å². The van der Waals surface area contributed by atoms with Gasteiger partial charge in [-0.15, -0.1) is 0 Å². The Bertz CT molecular complexity index is 1100. The Hall–Kier alpha value is -3.62. The van der Waals surface area contributed by atoms with Gasteiger partial charge in [-0.1, -0.05) is 42.7 Å². The van der Waals surface area contributed by atoms with Crippen molar-refractivity contribution >= 4 is 17.4 Å². The molecule has 184 valence electrons. The lowest BCUT2D eigenvalue weighted by Crippen LogP contribution is -3.14. The molecule has 2 aromatic carbocycles. The molecule has 2 fully saturated rings. The van der Waals surface area contributed by atoms with E-state index in [1.165, 1.54) is 16.9 Å². The molecule has 0 saturated carbocycles. The van der Waals surface area contributed by atoms with Crippen LogP contribution in [-0.2, 0) is 14.3 Å². The molecule has 1 N–H and O–H groups in total. The van der Waals surface area contributed by atoms with Gasteiger partial charge >= 0.3 is 0 Å². The molecular formula is C27H30N2O6. The van der Waals surface area contributed by atoms with Gasteiger partial charge in [-0.2, -0.15) is 0 Å². The molecule has 35 heavy (non-hydrogen) atoms. The summed E-state index contributed by atoms with van der Waals surface area (Å²) >= 11 is 0. The molecule has 8 nitrogen and oxygen atoms in total. The Balaban J connectivity index is 1.73. The Morgan fingerprint density at radius 2 is 1.91 bits per heavy atom. The monoisotopic (exact) mass is 478 g/mol. The summed E-state index contributed by atoms with van der Waals surface area (Å²) in [5.74, 6) is -0.708. The van der Waals surface area contributed by atoms with Crippen LogP contribution in [-0.4, -0.2) is 69.7 Å². The van der Waals surface area contributed by atoms with Crippen LogP contribution in [0, 0.1) is 0 Å². The molecule has 1 atom stereocenters. The number of carbonyl (C=O) groups is 2. The number of nitrogens with one attached hydrogen (secondary N) is 1. The largest absolute Gasteiger partial charge is 0.872 e. The van der Waals surface area contributed by atoms with Gasteiger partial charge in [0.15, 0.2) is 0 Å². The maximum Gasteiger partial charge on any atom is 0.295 e. The van der Waals surface area contributed by atoms with E-state index in [1.54, 1.807) is 48.5 Å². The lowest BCUT2D eigenvalue weighted by atomic mass is 9.95.